The van der Waals surface area contributed by atoms with Gasteiger partial charge in [-0.3, -0.25) is 9.59 Å². The van der Waals surface area contributed by atoms with E-state index in [-0.39, 0.29) is 29.3 Å². The van der Waals surface area contributed by atoms with Crippen LogP contribution in [0.3, 0.4) is 0 Å². The number of hydrogen-bond donors (Lipinski definition) is 2. The van der Waals surface area contributed by atoms with Crippen LogP contribution in [-0.4, -0.2) is 39.1 Å². The van der Waals surface area contributed by atoms with Gasteiger partial charge in [-0.05, 0) is 30.0 Å². The summed E-state index contributed by atoms with van der Waals surface area (Å²) in [6.07, 6.45) is -0.00412. The van der Waals surface area contributed by atoms with Crippen LogP contribution in [0.2, 0.25) is 0 Å². The molecule has 0 saturated carbocycles. The van der Waals surface area contributed by atoms with Crippen molar-refractivity contribution in [3.63, 3.8) is 0 Å². The second-order valence-electron chi connectivity index (χ2n) is 6.02. The summed E-state index contributed by atoms with van der Waals surface area (Å²) in [6.45, 7) is 3.38. The van der Waals surface area contributed by atoms with E-state index < -0.39 is 33.7 Å². The lowest BCUT2D eigenvalue weighted by Gasteiger charge is -2.15. The highest BCUT2D eigenvalue weighted by Crippen LogP contribution is 2.17. The lowest BCUT2D eigenvalue weighted by Crippen LogP contribution is -2.33. The first-order valence-corrected chi connectivity index (χ1v) is 9.12. The topological polar surface area (TPSA) is 110 Å². The van der Waals surface area contributed by atoms with Gasteiger partial charge in [-0.15, -0.1) is 0 Å². The van der Waals surface area contributed by atoms with Gasteiger partial charge in [-0.25, -0.2) is 17.5 Å². The lowest BCUT2D eigenvalue weighted by atomic mass is 9.98. The fraction of sp³-hybridized carbons (Fsp3) is 0.500. The van der Waals surface area contributed by atoms with E-state index in [9.17, 15) is 22.4 Å². The maximum Gasteiger partial charge on any atom is 0.310 e. The van der Waals surface area contributed by atoms with Gasteiger partial charge in [-0.2, -0.15) is 0 Å². The van der Waals surface area contributed by atoms with Gasteiger partial charge in [0.2, 0.25) is 10.0 Å². The highest BCUT2D eigenvalue weighted by molar-refractivity contribution is 7.89. The van der Waals surface area contributed by atoms with Gasteiger partial charge in [-0.1, -0.05) is 19.9 Å². The number of methoxy groups -OCH3 is 1. The number of carbonyl (C=O) groups excluding carboxylic acids is 1. The van der Waals surface area contributed by atoms with Gasteiger partial charge in [0.05, 0.1) is 24.3 Å². The summed E-state index contributed by atoms with van der Waals surface area (Å²) in [5.41, 5.74) is 0.00835. The second-order valence-corrected chi connectivity index (χ2v) is 7.79. The molecule has 0 heterocycles. The molecule has 0 bridgehead atoms. The SMILES string of the molecule is COC(=O)Cc1ccc(S(=O)(=O)NCC(CC(C)C)C(=O)O)cc1F. The number of halogens is 1. The van der Waals surface area contributed by atoms with Crippen molar-refractivity contribution in [3.8, 4) is 0 Å². The van der Waals surface area contributed by atoms with Crippen LogP contribution in [0.15, 0.2) is 23.1 Å². The molecular weight excluding hydrogens is 353 g/mol. The first kappa shape index (κ1) is 21.0. The molecule has 1 rings (SSSR count). The summed E-state index contributed by atoms with van der Waals surface area (Å²) < 4.78 is 45.1. The van der Waals surface area contributed by atoms with E-state index >= 15 is 0 Å². The molecule has 0 aliphatic heterocycles. The molecule has 9 heteroatoms. The van der Waals surface area contributed by atoms with E-state index in [1.807, 2.05) is 13.8 Å². The molecule has 0 aromatic heterocycles. The van der Waals surface area contributed by atoms with Gasteiger partial charge in [0.15, 0.2) is 0 Å². The first-order chi connectivity index (χ1) is 11.6. The number of aliphatic carboxylic acids is 1. The average molecular weight is 375 g/mol. The molecule has 1 aromatic rings. The fourth-order valence-electron chi connectivity index (χ4n) is 2.20. The zero-order chi connectivity index (χ0) is 19.2. The molecule has 0 radical (unpaired) electrons. The predicted octanol–water partition coefficient (Wildman–Crippen LogP) is 1.57. The molecular formula is C16H22FNO6S. The molecule has 7 nitrogen and oxygen atoms in total. The number of sulfonamides is 1. The van der Waals surface area contributed by atoms with E-state index in [0.29, 0.717) is 6.42 Å². The minimum absolute atomic E-state index is 0.00835. The quantitative estimate of drug-likeness (QED) is 0.634. The van der Waals surface area contributed by atoms with Crippen LogP contribution in [0.4, 0.5) is 4.39 Å². The minimum Gasteiger partial charge on any atom is -0.481 e. The zero-order valence-corrected chi connectivity index (χ0v) is 15.1. The molecule has 1 atom stereocenters. The van der Waals surface area contributed by atoms with Crippen LogP contribution in [0.1, 0.15) is 25.8 Å². The number of carboxylic acid groups (broad SMARTS) is 1. The van der Waals surface area contributed by atoms with Crippen molar-refractivity contribution in [1.82, 2.24) is 4.72 Å². The largest absolute Gasteiger partial charge is 0.481 e. The van der Waals surface area contributed by atoms with Crippen LogP contribution in [0.25, 0.3) is 0 Å². The van der Waals surface area contributed by atoms with Crippen molar-refractivity contribution in [2.24, 2.45) is 11.8 Å². The average Bonchev–Trinajstić information content (AvgIpc) is 2.52. The minimum atomic E-state index is -4.07. The molecule has 0 amide bonds. The monoisotopic (exact) mass is 375 g/mol. The zero-order valence-electron chi connectivity index (χ0n) is 14.3. The Bertz CT molecular complexity index is 732. The Morgan fingerprint density at radius 1 is 1.32 bits per heavy atom. The summed E-state index contributed by atoms with van der Waals surface area (Å²) in [6, 6.07) is 3.13. The van der Waals surface area contributed by atoms with Crippen LogP contribution < -0.4 is 4.72 Å². The molecule has 0 saturated heterocycles. The van der Waals surface area contributed by atoms with E-state index in [1.54, 1.807) is 0 Å². The smallest absolute Gasteiger partial charge is 0.310 e. The molecule has 140 valence electrons. The van der Waals surface area contributed by atoms with Crippen molar-refractivity contribution < 1.29 is 32.2 Å². The van der Waals surface area contributed by atoms with Crippen LogP contribution in [0.5, 0.6) is 0 Å². The Morgan fingerprint density at radius 2 is 1.96 bits per heavy atom. The van der Waals surface area contributed by atoms with Crippen molar-refractivity contribution in [3.05, 3.63) is 29.6 Å². The van der Waals surface area contributed by atoms with Gasteiger partial charge < -0.3 is 9.84 Å². The molecule has 1 aromatic carbocycles. The Labute approximate surface area is 146 Å². The van der Waals surface area contributed by atoms with Gasteiger partial charge in [0, 0.05) is 6.54 Å². The van der Waals surface area contributed by atoms with E-state index in [2.05, 4.69) is 9.46 Å². The number of carboxylic acids is 1. The summed E-state index contributed by atoms with van der Waals surface area (Å²) in [4.78, 5) is 22.0. The van der Waals surface area contributed by atoms with Crippen LogP contribution in [0, 0.1) is 17.7 Å². The van der Waals surface area contributed by atoms with Crippen molar-refractivity contribution in [2.45, 2.75) is 31.6 Å². The van der Waals surface area contributed by atoms with Crippen LogP contribution in [-0.2, 0) is 30.8 Å². The van der Waals surface area contributed by atoms with Gasteiger partial charge in [0.1, 0.15) is 5.82 Å². The first-order valence-electron chi connectivity index (χ1n) is 7.64. The maximum absolute atomic E-state index is 14.0. The molecule has 0 spiro atoms. The number of hydrogen-bond acceptors (Lipinski definition) is 5. The molecule has 0 aliphatic carbocycles. The molecule has 0 aliphatic rings. The molecule has 25 heavy (non-hydrogen) atoms. The Hall–Kier alpha value is -2.00. The number of nitrogens with one attached hydrogen (secondary N) is 1. The molecule has 0 fully saturated rings. The predicted molar refractivity (Wildman–Crippen MR) is 87.9 cm³/mol. The van der Waals surface area contributed by atoms with Gasteiger partial charge in [0.25, 0.3) is 0 Å². The van der Waals surface area contributed by atoms with Crippen molar-refractivity contribution >= 4 is 22.0 Å². The van der Waals surface area contributed by atoms with E-state index in [4.69, 9.17) is 5.11 Å². The maximum atomic E-state index is 14.0. The summed E-state index contributed by atoms with van der Waals surface area (Å²) in [7, 11) is -2.90. The Balaban J connectivity index is 2.89. The number of ether oxygens (including phenoxy) is 1. The number of carbonyl (C=O) groups is 2. The summed E-state index contributed by atoms with van der Waals surface area (Å²) >= 11 is 0. The standard InChI is InChI=1S/C16H22FNO6S/c1-10(2)6-12(16(20)21)9-18-25(22,23)13-5-4-11(14(17)8-13)7-15(19)24-3/h4-5,8,10,12,18H,6-7,9H2,1-3H3,(H,20,21). The third-order valence-electron chi connectivity index (χ3n) is 3.52. The van der Waals surface area contributed by atoms with Crippen molar-refractivity contribution in [1.29, 1.82) is 0 Å². The normalized spacial score (nSPS) is 12.8. The van der Waals surface area contributed by atoms with E-state index in [1.165, 1.54) is 13.2 Å². The summed E-state index contributed by atoms with van der Waals surface area (Å²) in [5.74, 6) is -3.40. The summed E-state index contributed by atoms with van der Waals surface area (Å²) in [5, 5.41) is 9.14. The fourth-order valence-corrected chi connectivity index (χ4v) is 3.29. The molecule has 1 unspecified atom stereocenters. The lowest BCUT2D eigenvalue weighted by molar-refractivity contribution is -0.142. The second kappa shape index (κ2) is 8.91. The van der Waals surface area contributed by atoms with Gasteiger partial charge >= 0.3 is 11.9 Å². The Kier molecular flexibility index (Phi) is 7.50. The van der Waals surface area contributed by atoms with Crippen LogP contribution >= 0.6 is 0 Å². The number of esters is 1. The number of benzene rings is 1. The highest BCUT2D eigenvalue weighted by Gasteiger charge is 2.23. The molecule has 2 N–H and O–H groups in total. The third-order valence-corrected chi connectivity index (χ3v) is 4.94. The number of rotatable bonds is 9. The highest BCUT2D eigenvalue weighted by atomic mass is 32.2. The van der Waals surface area contributed by atoms with Crippen molar-refractivity contribution in [2.75, 3.05) is 13.7 Å². The Morgan fingerprint density at radius 3 is 2.44 bits per heavy atom. The van der Waals surface area contributed by atoms with E-state index in [0.717, 1.165) is 12.1 Å². The third kappa shape index (κ3) is 6.43.